The van der Waals surface area contributed by atoms with E-state index in [1.54, 1.807) is 0 Å². The van der Waals surface area contributed by atoms with E-state index in [1.165, 1.54) is 0 Å². The summed E-state index contributed by atoms with van der Waals surface area (Å²) in [6.07, 6.45) is -4.31. The molecule has 0 bridgehead atoms. The van der Waals surface area contributed by atoms with Crippen LogP contribution < -0.4 is 0 Å². The van der Waals surface area contributed by atoms with E-state index in [9.17, 15) is 18.0 Å². The first-order chi connectivity index (χ1) is 5.43. The Hall–Kier alpha value is -1.24. The van der Waals surface area contributed by atoms with Gasteiger partial charge < -0.3 is 9.63 Å². The first kappa shape index (κ1) is 11.8. The molecule has 0 aliphatic heterocycles. The van der Waals surface area contributed by atoms with Gasteiger partial charge in [-0.05, 0) is 0 Å². The third kappa shape index (κ3) is 2.35. The number of aromatic nitrogens is 1. The molecule has 0 amide bonds. The van der Waals surface area contributed by atoms with Crippen LogP contribution in [0.1, 0.15) is 16.1 Å². The first-order valence-electron chi connectivity index (χ1n) is 2.68. The predicted octanol–water partition coefficient (Wildman–Crippen LogP) is 1.81. The van der Waals surface area contributed by atoms with Crippen LogP contribution in [0.4, 0.5) is 13.2 Å². The summed E-state index contributed by atoms with van der Waals surface area (Å²) in [6.45, 7) is 0. The molecule has 1 rings (SSSR count). The molecule has 1 aromatic heterocycles. The summed E-state index contributed by atoms with van der Waals surface area (Å²) >= 11 is 0. The van der Waals surface area contributed by atoms with Crippen molar-refractivity contribution in [3.8, 4) is 0 Å². The molecule has 4 nitrogen and oxygen atoms in total. The number of carboxylic acid groups (broad SMARTS) is 1. The van der Waals surface area contributed by atoms with Crippen LogP contribution in [-0.2, 0) is 6.18 Å². The maximum absolute atomic E-state index is 11.8. The second-order valence-corrected chi connectivity index (χ2v) is 1.87. The summed E-state index contributed by atoms with van der Waals surface area (Å²) < 4.78 is 39.3. The highest BCUT2D eigenvalue weighted by Gasteiger charge is 2.40. The summed E-state index contributed by atoms with van der Waals surface area (Å²) in [6, 6.07) is 0. The van der Waals surface area contributed by atoms with E-state index in [0.717, 1.165) is 0 Å². The maximum atomic E-state index is 11.8. The van der Waals surface area contributed by atoms with E-state index in [0.29, 0.717) is 6.20 Å². The number of halogens is 4. The highest BCUT2D eigenvalue weighted by molar-refractivity contribution is 5.88. The van der Waals surface area contributed by atoms with Crippen molar-refractivity contribution in [1.29, 1.82) is 0 Å². The average molecular weight is 218 g/mol. The Labute approximate surface area is 75.7 Å². The molecule has 1 aromatic rings. The fraction of sp³-hybridized carbons (Fsp3) is 0.200. The standard InChI is InChI=1S/C5H2F3NO3.ClH/c6-5(7,8)3-2(4(10)11)1-9-12-3;/h1H,(H,10,11);1H. The van der Waals surface area contributed by atoms with Crippen LogP contribution in [0, 0.1) is 0 Å². The number of aromatic carboxylic acids is 1. The Morgan fingerprint density at radius 3 is 2.38 bits per heavy atom. The van der Waals surface area contributed by atoms with Crippen LogP contribution in [0.25, 0.3) is 0 Å². The molecule has 0 aromatic carbocycles. The zero-order chi connectivity index (χ0) is 9.35. The van der Waals surface area contributed by atoms with Crippen molar-refractivity contribution >= 4 is 18.4 Å². The van der Waals surface area contributed by atoms with Gasteiger partial charge in [-0.25, -0.2) is 4.79 Å². The Morgan fingerprint density at radius 1 is 1.54 bits per heavy atom. The van der Waals surface area contributed by atoms with Crippen molar-refractivity contribution in [1.82, 2.24) is 5.16 Å². The first-order valence-corrected chi connectivity index (χ1v) is 2.68. The Kier molecular flexibility index (Phi) is 3.30. The monoisotopic (exact) mass is 217 g/mol. The van der Waals surface area contributed by atoms with Crippen molar-refractivity contribution in [3.05, 3.63) is 17.5 Å². The molecule has 0 spiro atoms. The number of carbonyl (C=O) groups is 1. The van der Waals surface area contributed by atoms with Gasteiger partial charge in [0.15, 0.2) is 0 Å². The minimum atomic E-state index is -4.82. The van der Waals surface area contributed by atoms with Gasteiger partial charge in [-0.2, -0.15) is 13.2 Å². The fourth-order valence-electron chi connectivity index (χ4n) is 0.596. The lowest BCUT2D eigenvalue weighted by molar-refractivity contribution is -0.156. The van der Waals surface area contributed by atoms with Gasteiger partial charge in [0.25, 0.3) is 5.76 Å². The number of carboxylic acids is 1. The number of rotatable bonds is 1. The lowest BCUT2D eigenvalue weighted by Crippen LogP contribution is -2.09. The predicted molar refractivity (Wildman–Crippen MR) is 35.7 cm³/mol. The highest BCUT2D eigenvalue weighted by atomic mass is 35.5. The zero-order valence-corrected chi connectivity index (χ0v) is 6.65. The fourth-order valence-corrected chi connectivity index (χ4v) is 0.596. The van der Waals surface area contributed by atoms with Crippen LogP contribution in [0.3, 0.4) is 0 Å². The largest absolute Gasteiger partial charge is 0.478 e. The molecule has 0 saturated carbocycles. The van der Waals surface area contributed by atoms with Crippen molar-refractivity contribution in [2.24, 2.45) is 0 Å². The van der Waals surface area contributed by atoms with Gasteiger partial charge in [0, 0.05) is 0 Å². The van der Waals surface area contributed by atoms with E-state index in [4.69, 9.17) is 5.11 Å². The van der Waals surface area contributed by atoms with Gasteiger partial charge in [-0.1, -0.05) is 5.16 Å². The number of alkyl halides is 3. The van der Waals surface area contributed by atoms with E-state index in [2.05, 4.69) is 9.68 Å². The topological polar surface area (TPSA) is 63.3 Å². The van der Waals surface area contributed by atoms with Crippen LogP contribution in [0.5, 0.6) is 0 Å². The van der Waals surface area contributed by atoms with Gasteiger partial charge in [-0.3, -0.25) is 0 Å². The molecule has 0 radical (unpaired) electrons. The molecule has 0 unspecified atom stereocenters. The third-order valence-corrected chi connectivity index (χ3v) is 1.06. The molecule has 0 atom stereocenters. The highest BCUT2D eigenvalue weighted by Crippen LogP contribution is 2.31. The molecule has 0 saturated heterocycles. The molecule has 0 aliphatic carbocycles. The van der Waals surface area contributed by atoms with Crippen LogP contribution in [0.2, 0.25) is 0 Å². The molecule has 0 fully saturated rings. The molecule has 8 heteroatoms. The van der Waals surface area contributed by atoms with E-state index in [-0.39, 0.29) is 12.4 Å². The molecule has 0 aliphatic rings. The summed E-state index contributed by atoms with van der Waals surface area (Å²) in [5.41, 5.74) is -0.984. The molecule has 74 valence electrons. The van der Waals surface area contributed by atoms with Crippen LogP contribution in [0.15, 0.2) is 10.7 Å². The summed E-state index contributed by atoms with van der Waals surface area (Å²) in [4.78, 5) is 10.1. The summed E-state index contributed by atoms with van der Waals surface area (Å²) in [7, 11) is 0. The molecule has 1 heterocycles. The minimum absolute atomic E-state index is 0. The molecular weight excluding hydrogens is 215 g/mol. The van der Waals surface area contributed by atoms with Crippen molar-refractivity contribution in [3.63, 3.8) is 0 Å². The zero-order valence-electron chi connectivity index (χ0n) is 5.83. The summed E-state index contributed by atoms with van der Waals surface area (Å²) in [5.74, 6) is -3.31. The van der Waals surface area contributed by atoms with Gasteiger partial charge in [0.1, 0.15) is 5.56 Å². The Bertz CT molecular complexity index is 308. The number of hydrogen-bond donors (Lipinski definition) is 1. The maximum Gasteiger partial charge on any atom is 0.453 e. The third-order valence-electron chi connectivity index (χ3n) is 1.06. The second kappa shape index (κ2) is 3.65. The lowest BCUT2D eigenvalue weighted by atomic mass is 10.2. The van der Waals surface area contributed by atoms with Gasteiger partial charge in [0.05, 0.1) is 6.20 Å². The lowest BCUT2D eigenvalue weighted by Gasteiger charge is -2.00. The van der Waals surface area contributed by atoms with E-state index in [1.807, 2.05) is 0 Å². The minimum Gasteiger partial charge on any atom is -0.478 e. The van der Waals surface area contributed by atoms with Crippen molar-refractivity contribution < 1.29 is 27.6 Å². The van der Waals surface area contributed by atoms with E-state index < -0.39 is 23.5 Å². The molecular formula is C5H3ClF3NO3. The van der Waals surface area contributed by atoms with Crippen molar-refractivity contribution in [2.75, 3.05) is 0 Å². The second-order valence-electron chi connectivity index (χ2n) is 1.87. The Balaban J connectivity index is 0.00000144. The van der Waals surface area contributed by atoms with Gasteiger partial charge >= 0.3 is 12.1 Å². The number of hydrogen-bond acceptors (Lipinski definition) is 3. The summed E-state index contributed by atoms with van der Waals surface area (Å²) in [5, 5.41) is 11.0. The van der Waals surface area contributed by atoms with Crippen LogP contribution >= 0.6 is 12.4 Å². The average Bonchev–Trinajstić information content (AvgIpc) is 2.30. The SMILES string of the molecule is Cl.O=C(O)c1cnoc1C(F)(F)F. The molecule has 1 N–H and O–H groups in total. The van der Waals surface area contributed by atoms with Gasteiger partial charge in [0.2, 0.25) is 0 Å². The molecule has 13 heavy (non-hydrogen) atoms. The normalized spacial score (nSPS) is 10.7. The van der Waals surface area contributed by atoms with Gasteiger partial charge in [-0.15, -0.1) is 12.4 Å². The van der Waals surface area contributed by atoms with E-state index >= 15 is 0 Å². The quantitative estimate of drug-likeness (QED) is 0.779. The number of nitrogens with zero attached hydrogens (tertiary/aromatic N) is 1. The van der Waals surface area contributed by atoms with Crippen molar-refractivity contribution in [2.45, 2.75) is 6.18 Å². The van der Waals surface area contributed by atoms with Crippen LogP contribution in [-0.4, -0.2) is 16.2 Å². The smallest absolute Gasteiger partial charge is 0.453 e. The Morgan fingerprint density at radius 2 is 2.08 bits per heavy atom.